The third-order valence-corrected chi connectivity index (χ3v) is 3.46. The lowest BCUT2D eigenvalue weighted by molar-refractivity contribution is -0.137. The van der Waals surface area contributed by atoms with Crippen LogP contribution in [0, 0.1) is 6.92 Å². The molecule has 0 aliphatic rings. The van der Waals surface area contributed by atoms with Crippen LogP contribution in [0.15, 0.2) is 48.5 Å². The van der Waals surface area contributed by atoms with Gasteiger partial charge in [-0.25, -0.2) is 0 Å². The maximum atomic E-state index is 12.6. The van der Waals surface area contributed by atoms with Crippen molar-refractivity contribution >= 4 is 0 Å². The maximum Gasteiger partial charge on any atom is 0.416 e. The number of hydrogen-bond acceptors (Lipinski definition) is 1. The van der Waals surface area contributed by atoms with Gasteiger partial charge in [0, 0.05) is 0 Å². The summed E-state index contributed by atoms with van der Waals surface area (Å²) in [5, 5.41) is 0. The zero-order valence-electron chi connectivity index (χ0n) is 11.3. The maximum absolute atomic E-state index is 12.6. The minimum Gasteiger partial charge on any atom is -0.318 e. The molecule has 0 fully saturated rings. The number of benzene rings is 2. The molecule has 0 bridgehead atoms. The Balaban J connectivity index is 2.37. The van der Waals surface area contributed by atoms with Crippen molar-refractivity contribution in [3.05, 3.63) is 70.8 Å². The quantitative estimate of drug-likeness (QED) is 0.874. The first-order chi connectivity index (χ1) is 9.21. The Labute approximate surface area is 116 Å². The molecule has 20 heavy (non-hydrogen) atoms. The van der Waals surface area contributed by atoms with Crippen molar-refractivity contribution in [2.45, 2.75) is 25.6 Å². The van der Waals surface area contributed by atoms with Crippen LogP contribution in [0.2, 0.25) is 0 Å². The summed E-state index contributed by atoms with van der Waals surface area (Å²) in [6, 6.07) is 12.7. The second-order valence-electron chi connectivity index (χ2n) is 5.14. The van der Waals surface area contributed by atoms with Crippen molar-refractivity contribution in [2.75, 3.05) is 0 Å². The molecule has 2 aromatic rings. The van der Waals surface area contributed by atoms with E-state index in [1.807, 2.05) is 31.2 Å². The Morgan fingerprint density at radius 2 is 1.10 bits per heavy atom. The number of hydrogen-bond donors (Lipinski definition) is 1. The molecule has 0 amide bonds. The number of nitrogens with two attached hydrogens (primary N) is 1. The summed E-state index contributed by atoms with van der Waals surface area (Å²) >= 11 is 0. The van der Waals surface area contributed by atoms with Crippen LogP contribution in [0.25, 0.3) is 0 Å². The standard InChI is InChI=1S/C16H16F3N/c1-11-3-5-12(6-4-11)15(2,20)13-7-9-14(10-8-13)16(17,18)19/h3-10H,20H2,1-2H3. The van der Waals surface area contributed by atoms with Crippen LogP contribution in [-0.4, -0.2) is 0 Å². The number of alkyl halides is 3. The lowest BCUT2D eigenvalue weighted by Crippen LogP contribution is -2.34. The molecule has 0 saturated carbocycles. The fourth-order valence-corrected chi connectivity index (χ4v) is 2.07. The van der Waals surface area contributed by atoms with Gasteiger partial charge in [-0.2, -0.15) is 13.2 Å². The van der Waals surface area contributed by atoms with E-state index in [1.165, 1.54) is 12.1 Å². The Hall–Kier alpha value is -1.81. The largest absolute Gasteiger partial charge is 0.416 e. The molecule has 0 radical (unpaired) electrons. The Morgan fingerprint density at radius 1 is 0.750 bits per heavy atom. The van der Waals surface area contributed by atoms with Crippen molar-refractivity contribution < 1.29 is 13.2 Å². The molecule has 4 heteroatoms. The van der Waals surface area contributed by atoms with Crippen molar-refractivity contribution in [1.29, 1.82) is 0 Å². The molecule has 1 unspecified atom stereocenters. The molecule has 106 valence electrons. The predicted molar refractivity (Wildman–Crippen MR) is 73.3 cm³/mol. The molecule has 0 aromatic heterocycles. The molecule has 0 aliphatic heterocycles. The van der Waals surface area contributed by atoms with E-state index >= 15 is 0 Å². The summed E-state index contributed by atoms with van der Waals surface area (Å²) in [6.07, 6.45) is -4.33. The first-order valence-electron chi connectivity index (χ1n) is 6.25. The van der Waals surface area contributed by atoms with Gasteiger partial charge in [-0.3, -0.25) is 0 Å². The van der Waals surface area contributed by atoms with Crippen LogP contribution in [0.4, 0.5) is 13.2 Å². The average Bonchev–Trinajstić information content (AvgIpc) is 2.38. The zero-order valence-corrected chi connectivity index (χ0v) is 11.3. The fourth-order valence-electron chi connectivity index (χ4n) is 2.07. The highest BCUT2D eigenvalue weighted by molar-refractivity contribution is 5.39. The summed E-state index contributed by atoms with van der Waals surface area (Å²) in [6.45, 7) is 3.76. The summed E-state index contributed by atoms with van der Waals surface area (Å²) in [5.74, 6) is 0. The smallest absolute Gasteiger partial charge is 0.318 e. The molecule has 0 saturated heterocycles. The van der Waals surface area contributed by atoms with Crippen molar-refractivity contribution in [2.24, 2.45) is 5.73 Å². The van der Waals surface area contributed by atoms with Gasteiger partial charge in [-0.1, -0.05) is 42.0 Å². The zero-order chi connectivity index (χ0) is 15.0. The van der Waals surface area contributed by atoms with Gasteiger partial charge >= 0.3 is 6.18 Å². The second-order valence-corrected chi connectivity index (χ2v) is 5.14. The van der Waals surface area contributed by atoms with E-state index in [2.05, 4.69) is 0 Å². The lowest BCUT2D eigenvalue weighted by Gasteiger charge is -2.26. The van der Waals surface area contributed by atoms with Crippen molar-refractivity contribution in [1.82, 2.24) is 0 Å². The third kappa shape index (κ3) is 2.85. The van der Waals surface area contributed by atoms with Crippen molar-refractivity contribution in [3.8, 4) is 0 Å². The Kier molecular flexibility index (Phi) is 3.61. The molecule has 0 spiro atoms. The van der Waals surface area contributed by atoms with Gasteiger partial charge in [-0.15, -0.1) is 0 Å². The van der Waals surface area contributed by atoms with E-state index in [-0.39, 0.29) is 0 Å². The summed E-state index contributed by atoms with van der Waals surface area (Å²) in [4.78, 5) is 0. The van der Waals surface area contributed by atoms with Crippen LogP contribution >= 0.6 is 0 Å². The van der Waals surface area contributed by atoms with Gasteiger partial charge in [0.15, 0.2) is 0 Å². The highest BCUT2D eigenvalue weighted by Crippen LogP contribution is 2.32. The lowest BCUT2D eigenvalue weighted by atomic mass is 9.85. The van der Waals surface area contributed by atoms with E-state index in [1.54, 1.807) is 6.92 Å². The highest BCUT2D eigenvalue weighted by Gasteiger charge is 2.31. The molecule has 1 nitrogen and oxygen atoms in total. The summed E-state index contributed by atoms with van der Waals surface area (Å²) in [7, 11) is 0. The Bertz CT molecular complexity index is 581. The summed E-state index contributed by atoms with van der Waals surface area (Å²) < 4.78 is 37.7. The van der Waals surface area contributed by atoms with Gasteiger partial charge in [0.2, 0.25) is 0 Å². The molecule has 2 rings (SSSR count). The van der Waals surface area contributed by atoms with E-state index < -0.39 is 17.3 Å². The highest BCUT2D eigenvalue weighted by atomic mass is 19.4. The van der Waals surface area contributed by atoms with E-state index in [9.17, 15) is 13.2 Å². The van der Waals surface area contributed by atoms with Gasteiger partial charge in [0.05, 0.1) is 11.1 Å². The minimum atomic E-state index is -4.33. The second kappa shape index (κ2) is 4.94. The topological polar surface area (TPSA) is 26.0 Å². The number of rotatable bonds is 2. The SMILES string of the molecule is Cc1ccc(C(C)(N)c2ccc(C(F)(F)F)cc2)cc1. The van der Waals surface area contributed by atoms with E-state index in [4.69, 9.17) is 5.73 Å². The molecular formula is C16H16F3N. The van der Waals surface area contributed by atoms with Crippen LogP contribution < -0.4 is 5.73 Å². The fraction of sp³-hybridized carbons (Fsp3) is 0.250. The number of aryl methyl sites for hydroxylation is 1. The molecule has 2 N–H and O–H groups in total. The number of halogens is 3. The van der Waals surface area contributed by atoms with Gasteiger partial charge < -0.3 is 5.73 Å². The van der Waals surface area contributed by atoms with Gasteiger partial charge in [-0.05, 0) is 37.1 Å². The normalized spacial score (nSPS) is 14.9. The average molecular weight is 279 g/mol. The summed E-state index contributed by atoms with van der Waals surface area (Å²) in [5.41, 5.74) is 7.42. The minimum absolute atomic E-state index is 0.648. The van der Waals surface area contributed by atoms with Crippen LogP contribution in [0.1, 0.15) is 29.2 Å². The predicted octanol–water partition coefficient (Wildman–Crippen LogP) is 4.24. The molecule has 0 heterocycles. The van der Waals surface area contributed by atoms with Crippen molar-refractivity contribution in [3.63, 3.8) is 0 Å². The van der Waals surface area contributed by atoms with E-state index in [0.717, 1.165) is 23.3 Å². The first-order valence-corrected chi connectivity index (χ1v) is 6.25. The molecule has 2 aromatic carbocycles. The van der Waals surface area contributed by atoms with Crippen LogP contribution in [-0.2, 0) is 11.7 Å². The molecular weight excluding hydrogens is 263 g/mol. The molecule has 1 atom stereocenters. The third-order valence-electron chi connectivity index (χ3n) is 3.46. The van der Waals surface area contributed by atoms with Gasteiger partial charge in [0.25, 0.3) is 0 Å². The van der Waals surface area contributed by atoms with Crippen LogP contribution in [0.3, 0.4) is 0 Å². The molecule has 0 aliphatic carbocycles. The Morgan fingerprint density at radius 3 is 1.50 bits per heavy atom. The monoisotopic (exact) mass is 279 g/mol. The van der Waals surface area contributed by atoms with Gasteiger partial charge in [0.1, 0.15) is 0 Å². The van der Waals surface area contributed by atoms with E-state index in [0.29, 0.717) is 5.56 Å². The van der Waals surface area contributed by atoms with Crippen LogP contribution in [0.5, 0.6) is 0 Å². The first kappa shape index (κ1) is 14.6.